The van der Waals surface area contributed by atoms with E-state index >= 15 is 0 Å². The van der Waals surface area contributed by atoms with E-state index in [-0.39, 0.29) is 25.6 Å². The van der Waals surface area contributed by atoms with E-state index in [0.717, 1.165) is 0 Å². The summed E-state index contributed by atoms with van der Waals surface area (Å²) in [6.07, 6.45) is -0.197. The van der Waals surface area contributed by atoms with Gasteiger partial charge in [-0.25, -0.2) is 4.79 Å². The normalized spacial score (nSPS) is 9.53. The van der Waals surface area contributed by atoms with Crippen LogP contribution in [0, 0.1) is 0 Å². The zero-order valence-electron chi connectivity index (χ0n) is 8.73. The van der Waals surface area contributed by atoms with Crippen LogP contribution in [0.1, 0.15) is 20.3 Å². The van der Waals surface area contributed by atoms with Crippen LogP contribution in [-0.2, 0) is 28.6 Å². The zero-order valence-corrected chi connectivity index (χ0v) is 8.73. The van der Waals surface area contributed by atoms with Crippen LogP contribution in [0.4, 0.5) is 0 Å². The fourth-order valence-electron chi connectivity index (χ4n) is 0.714. The van der Waals surface area contributed by atoms with Crippen molar-refractivity contribution < 1.29 is 28.6 Å². The lowest BCUT2D eigenvalue weighted by molar-refractivity contribution is -0.156. The Hall–Kier alpha value is -1.59. The van der Waals surface area contributed by atoms with Crippen LogP contribution in [-0.4, -0.2) is 37.7 Å². The van der Waals surface area contributed by atoms with Crippen molar-refractivity contribution in [1.82, 2.24) is 0 Å². The van der Waals surface area contributed by atoms with Crippen LogP contribution in [0.25, 0.3) is 0 Å². The average molecular weight is 218 g/mol. The monoisotopic (exact) mass is 218 g/mol. The van der Waals surface area contributed by atoms with Gasteiger partial charge < -0.3 is 14.2 Å². The van der Waals surface area contributed by atoms with Gasteiger partial charge in [-0.2, -0.15) is 0 Å². The van der Waals surface area contributed by atoms with E-state index in [2.05, 4.69) is 9.47 Å². The highest BCUT2D eigenvalue weighted by molar-refractivity contribution is 5.73. The van der Waals surface area contributed by atoms with Crippen LogP contribution >= 0.6 is 0 Å². The van der Waals surface area contributed by atoms with E-state index < -0.39 is 18.5 Å². The second-order valence-electron chi connectivity index (χ2n) is 2.92. The fourth-order valence-corrected chi connectivity index (χ4v) is 0.714. The summed E-state index contributed by atoms with van der Waals surface area (Å²) >= 11 is 0. The van der Waals surface area contributed by atoms with Gasteiger partial charge in [0.25, 0.3) is 6.47 Å². The van der Waals surface area contributed by atoms with Crippen LogP contribution in [0.5, 0.6) is 0 Å². The largest absolute Gasteiger partial charge is 0.463 e. The lowest BCUT2D eigenvalue weighted by Gasteiger charge is -2.07. The highest BCUT2D eigenvalue weighted by Gasteiger charge is 2.08. The average Bonchev–Trinajstić information content (AvgIpc) is 2.13. The lowest BCUT2D eigenvalue weighted by Crippen LogP contribution is -2.17. The van der Waals surface area contributed by atoms with Crippen molar-refractivity contribution in [2.45, 2.75) is 26.4 Å². The summed E-state index contributed by atoms with van der Waals surface area (Å²) in [6, 6.07) is 0. The fraction of sp³-hybridized carbons (Fsp3) is 0.667. The molecular weight excluding hydrogens is 204 g/mol. The van der Waals surface area contributed by atoms with Crippen molar-refractivity contribution in [2.75, 3.05) is 13.2 Å². The van der Waals surface area contributed by atoms with Gasteiger partial charge in [-0.3, -0.25) is 9.59 Å². The molecule has 0 heterocycles. The SMILES string of the molecule is CC(C)OC(=O)CCOC(=O)COC=O. The number of carbonyl (C=O) groups excluding carboxylic acids is 3. The molecule has 0 amide bonds. The van der Waals surface area contributed by atoms with Gasteiger partial charge in [-0.1, -0.05) is 0 Å². The van der Waals surface area contributed by atoms with Gasteiger partial charge >= 0.3 is 11.9 Å². The second kappa shape index (κ2) is 7.78. The molecule has 0 spiro atoms. The third-order valence-corrected chi connectivity index (χ3v) is 1.21. The highest BCUT2D eigenvalue weighted by Crippen LogP contribution is 1.94. The molecule has 0 aromatic carbocycles. The minimum Gasteiger partial charge on any atom is -0.463 e. The summed E-state index contributed by atoms with van der Waals surface area (Å²) in [4.78, 5) is 31.4. The van der Waals surface area contributed by atoms with Crippen molar-refractivity contribution >= 4 is 18.4 Å². The van der Waals surface area contributed by atoms with Gasteiger partial charge in [0.05, 0.1) is 12.5 Å². The molecule has 0 N–H and O–H groups in total. The smallest absolute Gasteiger partial charge is 0.344 e. The molecule has 15 heavy (non-hydrogen) atoms. The number of rotatable bonds is 7. The maximum absolute atomic E-state index is 10.9. The number of hydrogen-bond donors (Lipinski definition) is 0. The summed E-state index contributed by atoms with van der Waals surface area (Å²) in [5.41, 5.74) is 0. The molecule has 0 radical (unpaired) electrons. The second-order valence-corrected chi connectivity index (χ2v) is 2.92. The van der Waals surface area contributed by atoms with E-state index in [4.69, 9.17) is 4.74 Å². The molecule has 0 aromatic heterocycles. The molecule has 0 bridgehead atoms. The summed E-state index contributed by atoms with van der Waals surface area (Å²) in [5.74, 6) is -1.13. The first-order chi connectivity index (χ1) is 7.06. The Kier molecular flexibility index (Phi) is 6.96. The molecule has 6 nitrogen and oxygen atoms in total. The van der Waals surface area contributed by atoms with E-state index in [1.54, 1.807) is 13.8 Å². The van der Waals surface area contributed by atoms with Gasteiger partial charge in [-0.15, -0.1) is 0 Å². The summed E-state index contributed by atoms with van der Waals surface area (Å²) in [5, 5.41) is 0. The highest BCUT2D eigenvalue weighted by atomic mass is 16.6. The molecule has 0 aromatic rings. The van der Waals surface area contributed by atoms with Crippen LogP contribution in [0.2, 0.25) is 0 Å². The maximum Gasteiger partial charge on any atom is 0.344 e. The van der Waals surface area contributed by atoms with Crippen LogP contribution < -0.4 is 0 Å². The number of carbonyl (C=O) groups is 3. The Morgan fingerprint density at radius 2 is 1.93 bits per heavy atom. The number of hydrogen-bond acceptors (Lipinski definition) is 6. The Balaban J connectivity index is 3.48. The molecule has 6 heteroatoms. The zero-order chi connectivity index (χ0) is 11.7. The predicted molar refractivity (Wildman–Crippen MR) is 48.8 cm³/mol. The van der Waals surface area contributed by atoms with Crippen LogP contribution in [0.15, 0.2) is 0 Å². The third kappa shape index (κ3) is 8.73. The molecule has 0 saturated heterocycles. The van der Waals surface area contributed by atoms with Crippen molar-refractivity contribution in [1.29, 1.82) is 0 Å². The van der Waals surface area contributed by atoms with Gasteiger partial charge in [0, 0.05) is 0 Å². The first-order valence-corrected chi connectivity index (χ1v) is 4.46. The van der Waals surface area contributed by atoms with Crippen LogP contribution in [0.3, 0.4) is 0 Å². The minimum absolute atomic E-state index is 0.00892. The van der Waals surface area contributed by atoms with Crippen molar-refractivity contribution in [3.63, 3.8) is 0 Å². The van der Waals surface area contributed by atoms with Crippen molar-refractivity contribution in [3.8, 4) is 0 Å². The first-order valence-electron chi connectivity index (χ1n) is 4.46. The summed E-state index contributed by atoms with van der Waals surface area (Å²) < 4.78 is 13.5. The molecule has 86 valence electrons. The molecule has 0 fully saturated rings. The standard InChI is InChI=1S/C9H14O6/c1-7(2)15-8(11)3-4-14-9(12)5-13-6-10/h6-7H,3-5H2,1-2H3. The topological polar surface area (TPSA) is 78.9 Å². The quantitative estimate of drug-likeness (QED) is 0.341. The van der Waals surface area contributed by atoms with Gasteiger partial charge in [0.2, 0.25) is 0 Å². The minimum atomic E-state index is -0.695. The van der Waals surface area contributed by atoms with Gasteiger partial charge in [0.15, 0.2) is 6.61 Å². The molecule has 0 saturated carbocycles. The predicted octanol–water partition coefficient (Wildman–Crippen LogP) is 0.0443. The van der Waals surface area contributed by atoms with E-state index in [1.165, 1.54) is 0 Å². The summed E-state index contributed by atoms with van der Waals surface area (Å²) in [7, 11) is 0. The van der Waals surface area contributed by atoms with E-state index in [9.17, 15) is 14.4 Å². The molecule has 0 atom stereocenters. The molecule has 0 aliphatic heterocycles. The maximum atomic E-state index is 10.9. The first kappa shape index (κ1) is 13.4. The number of esters is 2. The van der Waals surface area contributed by atoms with E-state index in [1.807, 2.05) is 0 Å². The van der Waals surface area contributed by atoms with Crippen molar-refractivity contribution in [3.05, 3.63) is 0 Å². The Morgan fingerprint density at radius 3 is 2.47 bits per heavy atom. The molecule has 0 rings (SSSR count). The van der Waals surface area contributed by atoms with E-state index in [0.29, 0.717) is 0 Å². The number of ether oxygens (including phenoxy) is 3. The third-order valence-electron chi connectivity index (χ3n) is 1.21. The lowest BCUT2D eigenvalue weighted by atomic mass is 10.4. The van der Waals surface area contributed by atoms with Gasteiger partial charge in [0.1, 0.15) is 6.61 Å². The molecule has 0 unspecified atom stereocenters. The van der Waals surface area contributed by atoms with Crippen molar-refractivity contribution in [2.24, 2.45) is 0 Å². The molecule has 0 aliphatic rings. The Bertz CT molecular complexity index is 223. The molecule has 0 aliphatic carbocycles. The molecular formula is C9H14O6. The Labute approximate surface area is 87.5 Å². The van der Waals surface area contributed by atoms with Gasteiger partial charge in [-0.05, 0) is 13.8 Å². The summed E-state index contributed by atoms with van der Waals surface area (Å²) in [6.45, 7) is 3.08. The Morgan fingerprint density at radius 1 is 1.27 bits per heavy atom.